The number of rotatable bonds is 5. The molecule has 112 valence electrons. The molecule has 3 nitrogen and oxygen atoms in total. The van der Waals surface area contributed by atoms with Gasteiger partial charge in [0, 0.05) is 11.6 Å². The number of ether oxygens (including phenoxy) is 2. The second-order valence-electron chi connectivity index (χ2n) is 3.60. The van der Waals surface area contributed by atoms with Crippen LogP contribution in [0.15, 0.2) is 18.2 Å². The monoisotopic (exact) mass is 362 g/mol. The average molecular weight is 363 g/mol. The largest absolute Gasteiger partial charge is 0.573 e. The Morgan fingerprint density at radius 1 is 1.30 bits per heavy atom. The number of alkyl halides is 6. The van der Waals surface area contributed by atoms with E-state index in [1.165, 1.54) is 6.92 Å². The van der Waals surface area contributed by atoms with Crippen LogP contribution in [0.2, 0.25) is 0 Å². The summed E-state index contributed by atoms with van der Waals surface area (Å²) in [4.78, 5) is 10.2. The van der Waals surface area contributed by atoms with E-state index in [4.69, 9.17) is 0 Å². The highest BCUT2D eigenvalue weighted by atomic mass is 79.9. The summed E-state index contributed by atoms with van der Waals surface area (Å²) >= 11 is 2.94. The summed E-state index contributed by atoms with van der Waals surface area (Å²) in [5.74, 6) is -1.72. The summed E-state index contributed by atoms with van der Waals surface area (Å²) in [6, 6.07) is 2.59. The topological polar surface area (TPSA) is 35.5 Å². The molecule has 1 unspecified atom stereocenters. The van der Waals surface area contributed by atoms with Crippen LogP contribution in [0.25, 0.3) is 0 Å². The van der Waals surface area contributed by atoms with Crippen LogP contribution in [0.1, 0.15) is 17.3 Å². The van der Waals surface area contributed by atoms with Gasteiger partial charge in [0.1, 0.15) is 22.1 Å². The van der Waals surface area contributed by atoms with Crippen molar-refractivity contribution in [3.63, 3.8) is 0 Å². The lowest BCUT2D eigenvalue weighted by Crippen LogP contribution is -2.17. The fraction of sp³-hybridized carbons (Fsp3) is 0.364. The number of ketones is 1. The summed E-state index contributed by atoms with van der Waals surface area (Å²) in [5, 5.41) is 0. The molecular formula is C11H8BrF5O3. The second kappa shape index (κ2) is 6.38. The van der Waals surface area contributed by atoms with E-state index in [0.29, 0.717) is 6.07 Å². The van der Waals surface area contributed by atoms with Crippen LogP contribution in [0, 0.1) is 0 Å². The summed E-state index contributed by atoms with van der Waals surface area (Å²) < 4.78 is 68.3. The number of halogens is 6. The Kier molecular flexibility index (Phi) is 5.32. The lowest BCUT2D eigenvalue weighted by atomic mass is 10.1. The Bertz CT molecular complexity index is 489. The number of hydrogen-bond donors (Lipinski definition) is 0. The lowest BCUT2D eigenvalue weighted by molar-refractivity contribution is -0.274. The molecule has 0 bridgehead atoms. The zero-order chi connectivity index (χ0) is 15.5. The number of carbonyl (C=O) groups is 1. The Balaban J connectivity index is 3.16. The maximum Gasteiger partial charge on any atom is 0.573 e. The molecule has 0 heterocycles. The van der Waals surface area contributed by atoms with Crippen LogP contribution in [-0.2, 0) is 4.79 Å². The molecule has 0 radical (unpaired) electrons. The van der Waals surface area contributed by atoms with Crippen molar-refractivity contribution in [2.45, 2.75) is 24.7 Å². The number of Topliss-reactive ketones (excluding diaryl/α,β-unsaturated/α-hetero) is 1. The van der Waals surface area contributed by atoms with Gasteiger partial charge in [0.05, 0.1) is 0 Å². The van der Waals surface area contributed by atoms with Gasteiger partial charge >= 0.3 is 13.0 Å². The third-order valence-corrected chi connectivity index (χ3v) is 3.20. The van der Waals surface area contributed by atoms with Crippen LogP contribution >= 0.6 is 15.9 Å². The van der Waals surface area contributed by atoms with Gasteiger partial charge < -0.3 is 9.47 Å². The molecule has 1 aromatic rings. The van der Waals surface area contributed by atoms with Crippen molar-refractivity contribution in [3.8, 4) is 11.5 Å². The van der Waals surface area contributed by atoms with E-state index in [-0.39, 0.29) is 5.56 Å². The minimum absolute atomic E-state index is 0.0210. The quantitative estimate of drug-likeness (QED) is 0.581. The van der Waals surface area contributed by atoms with Gasteiger partial charge in [-0.1, -0.05) is 22.0 Å². The molecule has 0 aliphatic heterocycles. The van der Waals surface area contributed by atoms with Crippen LogP contribution in [0.3, 0.4) is 0 Å². The molecule has 0 aliphatic rings. The van der Waals surface area contributed by atoms with E-state index in [0.717, 1.165) is 12.1 Å². The van der Waals surface area contributed by atoms with Crippen molar-refractivity contribution in [2.24, 2.45) is 0 Å². The Morgan fingerprint density at radius 3 is 2.35 bits per heavy atom. The maximum absolute atomic E-state index is 12.2. The van der Waals surface area contributed by atoms with Gasteiger partial charge in [-0.25, -0.2) is 0 Å². The van der Waals surface area contributed by atoms with Crippen molar-refractivity contribution in [1.82, 2.24) is 0 Å². The Hall–Kier alpha value is -1.38. The van der Waals surface area contributed by atoms with Crippen molar-refractivity contribution in [1.29, 1.82) is 0 Å². The highest BCUT2D eigenvalue weighted by Crippen LogP contribution is 2.36. The number of carbonyl (C=O) groups excluding carboxylic acids is 1. The summed E-state index contributed by atoms with van der Waals surface area (Å²) in [7, 11) is 0. The normalized spacial score (nSPS) is 13.2. The van der Waals surface area contributed by atoms with E-state index >= 15 is 0 Å². The zero-order valence-electron chi connectivity index (χ0n) is 9.88. The van der Waals surface area contributed by atoms with E-state index in [1.807, 2.05) is 0 Å². The van der Waals surface area contributed by atoms with Crippen LogP contribution in [0.5, 0.6) is 11.5 Å². The standard InChI is InChI=1S/C11H8BrF5O3/c1-5(18)9(12)7-3-2-6(20-11(15,16)17)4-8(7)19-10(13)14/h2-4,9-10H,1H3. The molecule has 20 heavy (non-hydrogen) atoms. The first-order valence-corrected chi connectivity index (χ1v) is 6.00. The first-order chi connectivity index (χ1) is 9.10. The SMILES string of the molecule is CC(=O)C(Br)c1ccc(OC(F)(F)F)cc1OC(F)F. The van der Waals surface area contributed by atoms with Crippen LogP contribution < -0.4 is 9.47 Å². The van der Waals surface area contributed by atoms with Gasteiger partial charge in [0.2, 0.25) is 0 Å². The fourth-order valence-corrected chi connectivity index (χ4v) is 1.72. The second-order valence-corrected chi connectivity index (χ2v) is 4.51. The number of benzene rings is 1. The molecule has 1 rings (SSSR count). The maximum atomic E-state index is 12.2. The number of hydrogen-bond acceptors (Lipinski definition) is 3. The average Bonchev–Trinajstić information content (AvgIpc) is 2.25. The smallest absolute Gasteiger partial charge is 0.434 e. The van der Waals surface area contributed by atoms with E-state index < -0.39 is 35.1 Å². The van der Waals surface area contributed by atoms with Crippen molar-refractivity contribution in [2.75, 3.05) is 0 Å². The van der Waals surface area contributed by atoms with E-state index in [1.54, 1.807) is 0 Å². The summed E-state index contributed by atoms with van der Waals surface area (Å²) in [6.45, 7) is -2.06. The Labute approximate surface area is 118 Å². The molecule has 0 fully saturated rings. The first-order valence-electron chi connectivity index (χ1n) is 5.09. The van der Waals surface area contributed by atoms with Crippen LogP contribution in [0.4, 0.5) is 22.0 Å². The minimum Gasteiger partial charge on any atom is -0.434 e. The third kappa shape index (κ3) is 4.95. The van der Waals surface area contributed by atoms with Gasteiger partial charge in [-0.2, -0.15) is 8.78 Å². The van der Waals surface area contributed by atoms with Gasteiger partial charge in [0.15, 0.2) is 0 Å². The molecule has 1 atom stereocenters. The predicted molar refractivity (Wildman–Crippen MR) is 62.1 cm³/mol. The zero-order valence-corrected chi connectivity index (χ0v) is 11.5. The molecule has 0 spiro atoms. The molecule has 0 N–H and O–H groups in total. The highest BCUT2D eigenvalue weighted by molar-refractivity contribution is 9.09. The summed E-state index contributed by atoms with van der Waals surface area (Å²) in [6.07, 6.45) is -4.96. The predicted octanol–water partition coefficient (Wildman–Crippen LogP) is 4.21. The Morgan fingerprint density at radius 2 is 1.90 bits per heavy atom. The third-order valence-electron chi connectivity index (χ3n) is 2.06. The molecule has 0 amide bonds. The first kappa shape index (κ1) is 16.7. The van der Waals surface area contributed by atoms with Crippen molar-refractivity contribution < 1.29 is 36.2 Å². The van der Waals surface area contributed by atoms with Crippen LogP contribution in [-0.4, -0.2) is 18.8 Å². The molecular weight excluding hydrogens is 355 g/mol. The molecule has 1 aromatic carbocycles. The van der Waals surface area contributed by atoms with Crippen molar-refractivity contribution in [3.05, 3.63) is 23.8 Å². The van der Waals surface area contributed by atoms with Crippen molar-refractivity contribution >= 4 is 21.7 Å². The molecule has 0 aromatic heterocycles. The molecule has 9 heteroatoms. The minimum atomic E-state index is -4.96. The molecule has 0 aliphatic carbocycles. The fourth-order valence-electron chi connectivity index (χ4n) is 1.34. The van der Waals surface area contributed by atoms with E-state index in [2.05, 4.69) is 25.4 Å². The van der Waals surface area contributed by atoms with Gasteiger partial charge in [0.25, 0.3) is 0 Å². The lowest BCUT2D eigenvalue weighted by Gasteiger charge is -2.16. The van der Waals surface area contributed by atoms with Gasteiger partial charge in [-0.15, -0.1) is 13.2 Å². The summed E-state index contributed by atoms with van der Waals surface area (Å²) in [5.41, 5.74) is -0.0210. The van der Waals surface area contributed by atoms with E-state index in [9.17, 15) is 26.7 Å². The van der Waals surface area contributed by atoms with Gasteiger partial charge in [-0.05, 0) is 13.0 Å². The highest BCUT2D eigenvalue weighted by Gasteiger charge is 2.32. The molecule has 0 saturated heterocycles. The molecule has 0 saturated carbocycles. The van der Waals surface area contributed by atoms with Gasteiger partial charge in [-0.3, -0.25) is 4.79 Å².